The monoisotopic (exact) mass is 240 g/mol. The summed E-state index contributed by atoms with van der Waals surface area (Å²) in [5, 5.41) is 8.06. The summed E-state index contributed by atoms with van der Waals surface area (Å²) in [7, 11) is 0. The summed E-state index contributed by atoms with van der Waals surface area (Å²) < 4.78 is 31.7. The summed E-state index contributed by atoms with van der Waals surface area (Å²) in [5.74, 6) is -2.76. The zero-order valence-electron chi connectivity index (χ0n) is 7.64. The van der Waals surface area contributed by atoms with E-state index in [4.69, 9.17) is 15.6 Å². The molecule has 1 heterocycles. The number of hydrogen-bond donors (Lipinski definition) is 2. The molecule has 0 aromatic carbocycles. The summed E-state index contributed by atoms with van der Waals surface area (Å²) in [6.45, 7) is 0. The maximum absolute atomic E-state index is 10.6. The van der Waals surface area contributed by atoms with Gasteiger partial charge in [-0.3, -0.25) is 0 Å². The number of rotatable bonds is 0. The van der Waals surface area contributed by atoms with Gasteiger partial charge in [0.15, 0.2) is 0 Å². The van der Waals surface area contributed by atoms with Crippen molar-refractivity contribution in [2.45, 2.75) is 6.18 Å². The molecular formula is C7H7F3N2O4. The average Bonchev–Trinajstić information content (AvgIpc) is 2.18. The summed E-state index contributed by atoms with van der Waals surface area (Å²) in [6.07, 6.45) is 1.01. The number of hydrogen-bond acceptors (Lipinski definition) is 3. The predicted molar refractivity (Wildman–Crippen MR) is 44.5 cm³/mol. The van der Waals surface area contributed by atoms with Crippen LogP contribution in [-0.4, -0.2) is 28.3 Å². The molecule has 6 nitrogen and oxygen atoms in total. The van der Waals surface area contributed by atoms with Gasteiger partial charge in [-0.15, -0.1) is 5.06 Å². The molecule has 0 bridgehead atoms. The summed E-state index contributed by atoms with van der Waals surface area (Å²) >= 11 is 0. The number of halogens is 3. The number of allylic oxidation sites excluding steroid dienone is 2. The van der Waals surface area contributed by atoms with Crippen LogP contribution in [0.2, 0.25) is 0 Å². The average molecular weight is 240 g/mol. The Kier molecular flexibility index (Phi) is 4.86. The van der Waals surface area contributed by atoms with Crippen LogP contribution in [0.25, 0.3) is 0 Å². The maximum atomic E-state index is 10.6. The van der Waals surface area contributed by atoms with E-state index in [1.165, 1.54) is 12.5 Å². The minimum atomic E-state index is -5.08. The lowest BCUT2D eigenvalue weighted by atomic mass is 10.5. The lowest BCUT2D eigenvalue weighted by Gasteiger charge is -2.14. The molecule has 1 aliphatic heterocycles. The molecule has 0 unspecified atom stereocenters. The quantitative estimate of drug-likeness (QED) is 0.659. The zero-order chi connectivity index (χ0) is 12.8. The molecule has 0 fully saturated rings. The molecule has 0 atom stereocenters. The fourth-order valence-electron chi connectivity index (χ4n) is 0.434. The maximum Gasteiger partial charge on any atom is 0.490 e. The van der Waals surface area contributed by atoms with Gasteiger partial charge in [0.1, 0.15) is 6.26 Å². The molecule has 0 saturated carbocycles. The van der Waals surface area contributed by atoms with Crippen LogP contribution in [0, 0.1) is 0 Å². The highest BCUT2D eigenvalue weighted by Gasteiger charge is 2.38. The lowest BCUT2D eigenvalue weighted by molar-refractivity contribution is -0.192. The van der Waals surface area contributed by atoms with Gasteiger partial charge in [0.25, 0.3) is 0 Å². The molecule has 3 N–H and O–H groups in total. The van der Waals surface area contributed by atoms with Gasteiger partial charge in [0.05, 0.1) is 6.20 Å². The fraction of sp³-hybridized carbons (Fsp3) is 0.143. The number of nitrogens with two attached hydrogens (primary N) is 1. The normalized spacial score (nSPS) is 13.6. The van der Waals surface area contributed by atoms with Crippen LogP contribution < -0.4 is 5.73 Å². The first-order valence-electron chi connectivity index (χ1n) is 3.64. The highest BCUT2D eigenvalue weighted by molar-refractivity contribution is 5.73. The Morgan fingerprint density at radius 3 is 2.00 bits per heavy atom. The van der Waals surface area contributed by atoms with Gasteiger partial charge in [-0.1, -0.05) is 0 Å². The molecule has 0 saturated heterocycles. The van der Waals surface area contributed by atoms with Gasteiger partial charge in [0, 0.05) is 0 Å². The predicted octanol–water partition coefficient (Wildman–Crippen LogP) is 0.973. The molecule has 0 aliphatic carbocycles. The summed E-state index contributed by atoms with van der Waals surface area (Å²) in [5.41, 5.74) is 4.84. The van der Waals surface area contributed by atoms with E-state index in [0.29, 0.717) is 0 Å². The Labute approximate surface area is 87.3 Å². The van der Waals surface area contributed by atoms with Crippen molar-refractivity contribution in [3.63, 3.8) is 0 Å². The van der Waals surface area contributed by atoms with Crippen molar-refractivity contribution in [3.8, 4) is 0 Å². The SMILES string of the molecule is NC(=O)N1C=CC=CO1.O=C(O)C(F)(F)F. The van der Waals surface area contributed by atoms with Crippen LogP contribution in [-0.2, 0) is 9.63 Å². The summed E-state index contributed by atoms with van der Waals surface area (Å²) in [6, 6.07) is -0.629. The van der Waals surface area contributed by atoms with Crippen molar-refractivity contribution in [1.29, 1.82) is 0 Å². The Bertz CT molecular complexity index is 324. The molecule has 0 radical (unpaired) electrons. The molecule has 1 rings (SSSR count). The number of urea groups is 1. The van der Waals surface area contributed by atoms with Gasteiger partial charge >= 0.3 is 18.2 Å². The van der Waals surface area contributed by atoms with E-state index in [1.54, 1.807) is 12.2 Å². The number of aliphatic carboxylic acids is 1. The number of alkyl halides is 3. The van der Waals surface area contributed by atoms with E-state index in [0.717, 1.165) is 5.06 Å². The fourth-order valence-corrected chi connectivity index (χ4v) is 0.434. The number of primary amides is 1. The largest absolute Gasteiger partial charge is 0.490 e. The van der Waals surface area contributed by atoms with Gasteiger partial charge in [-0.05, 0) is 12.2 Å². The van der Waals surface area contributed by atoms with E-state index in [1.807, 2.05) is 0 Å². The van der Waals surface area contributed by atoms with E-state index in [9.17, 15) is 18.0 Å². The van der Waals surface area contributed by atoms with E-state index in [2.05, 4.69) is 4.84 Å². The Morgan fingerprint density at radius 1 is 1.31 bits per heavy atom. The van der Waals surface area contributed by atoms with Crippen LogP contribution >= 0.6 is 0 Å². The second-order valence-electron chi connectivity index (χ2n) is 2.24. The number of hydroxylamine groups is 2. The summed E-state index contributed by atoms with van der Waals surface area (Å²) in [4.78, 5) is 23.8. The zero-order valence-corrected chi connectivity index (χ0v) is 7.64. The third kappa shape index (κ3) is 5.52. The molecule has 2 amide bonds. The number of carboxylic acid groups (broad SMARTS) is 1. The standard InChI is InChI=1S/C5H6N2O2.C2HF3O2/c6-5(8)7-3-1-2-4-9-7;3-2(4,5)1(6)7/h1-4H,(H2,6,8);(H,6,7). The smallest absolute Gasteiger partial charge is 0.475 e. The van der Waals surface area contributed by atoms with Crippen molar-refractivity contribution in [2.24, 2.45) is 5.73 Å². The van der Waals surface area contributed by atoms with Crippen LogP contribution in [0.5, 0.6) is 0 Å². The first-order chi connectivity index (χ1) is 7.25. The first-order valence-corrected chi connectivity index (χ1v) is 3.64. The van der Waals surface area contributed by atoms with Crippen molar-refractivity contribution < 1.29 is 32.7 Å². The van der Waals surface area contributed by atoms with E-state index >= 15 is 0 Å². The Morgan fingerprint density at radius 2 is 1.81 bits per heavy atom. The first kappa shape index (κ1) is 13.8. The minimum absolute atomic E-state index is 0.629. The molecule has 9 heteroatoms. The molecule has 0 aromatic rings. The van der Waals surface area contributed by atoms with Gasteiger partial charge in [-0.25, -0.2) is 9.59 Å². The Balaban J connectivity index is 0.000000293. The lowest BCUT2D eigenvalue weighted by Crippen LogP contribution is -2.30. The van der Waals surface area contributed by atoms with E-state index < -0.39 is 18.2 Å². The third-order valence-electron chi connectivity index (χ3n) is 1.05. The van der Waals surface area contributed by atoms with Gasteiger partial charge in [0.2, 0.25) is 0 Å². The highest BCUT2D eigenvalue weighted by Crippen LogP contribution is 2.13. The van der Waals surface area contributed by atoms with Crippen LogP contribution in [0.1, 0.15) is 0 Å². The van der Waals surface area contributed by atoms with E-state index in [-0.39, 0.29) is 0 Å². The molecule has 1 aliphatic rings. The van der Waals surface area contributed by atoms with Crippen molar-refractivity contribution in [3.05, 3.63) is 24.6 Å². The van der Waals surface area contributed by atoms with Gasteiger partial charge in [-0.2, -0.15) is 13.2 Å². The highest BCUT2D eigenvalue weighted by atomic mass is 19.4. The second kappa shape index (κ2) is 5.63. The minimum Gasteiger partial charge on any atom is -0.475 e. The van der Waals surface area contributed by atoms with Crippen molar-refractivity contribution in [1.82, 2.24) is 5.06 Å². The number of carbonyl (C=O) groups is 2. The van der Waals surface area contributed by atoms with Crippen molar-refractivity contribution in [2.75, 3.05) is 0 Å². The van der Waals surface area contributed by atoms with Crippen molar-refractivity contribution >= 4 is 12.0 Å². The second-order valence-corrected chi connectivity index (χ2v) is 2.24. The number of nitrogens with zero attached hydrogens (tertiary/aromatic N) is 1. The number of carboxylic acids is 1. The third-order valence-corrected chi connectivity index (χ3v) is 1.05. The molecule has 16 heavy (non-hydrogen) atoms. The molecule has 0 aromatic heterocycles. The number of amides is 2. The molecule has 0 spiro atoms. The Hall–Kier alpha value is -2.19. The number of carbonyl (C=O) groups excluding carboxylic acids is 1. The van der Waals surface area contributed by atoms with Crippen LogP contribution in [0.15, 0.2) is 24.6 Å². The van der Waals surface area contributed by atoms with Crippen LogP contribution in [0.4, 0.5) is 18.0 Å². The topological polar surface area (TPSA) is 92.9 Å². The van der Waals surface area contributed by atoms with Gasteiger partial charge < -0.3 is 15.7 Å². The molecule has 90 valence electrons. The molecular weight excluding hydrogens is 233 g/mol. The van der Waals surface area contributed by atoms with Crippen LogP contribution in [0.3, 0.4) is 0 Å².